The van der Waals surface area contributed by atoms with Crippen molar-refractivity contribution in [3.63, 3.8) is 0 Å². The molecule has 1 aromatic rings. The minimum atomic E-state index is -4.43. The fourth-order valence-electron chi connectivity index (χ4n) is 2.76. The number of nitrogens with zero attached hydrogens (tertiary/aromatic N) is 1. The standard InChI is InChI=1S/C16H21F3N2O2/c1-23-15(16(17,18)19)8-10-21(12-15)11-14(22)20-9-7-13-5-3-2-4-6-13/h2-6H,7-12H2,1H3,(H,20,22). The molecule has 0 radical (unpaired) electrons. The molecule has 0 aromatic heterocycles. The molecule has 1 aliphatic rings. The first kappa shape index (κ1) is 17.7. The van der Waals surface area contributed by atoms with E-state index < -0.39 is 11.8 Å². The maximum atomic E-state index is 13.1. The van der Waals surface area contributed by atoms with Crippen LogP contribution in [0.15, 0.2) is 30.3 Å². The second kappa shape index (κ2) is 7.31. The number of alkyl halides is 3. The van der Waals surface area contributed by atoms with Crippen LogP contribution in [-0.2, 0) is 16.0 Å². The SMILES string of the molecule is COC1(C(F)(F)F)CCN(CC(=O)NCCc2ccccc2)C1. The smallest absolute Gasteiger partial charge is 0.367 e. The number of halogens is 3. The highest BCUT2D eigenvalue weighted by Gasteiger charge is 2.58. The molecule has 2 rings (SSSR count). The lowest BCUT2D eigenvalue weighted by Gasteiger charge is -2.30. The van der Waals surface area contributed by atoms with Crippen LogP contribution in [0.1, 0.15) is 12.0 Å². The maximum Gasteiger partial charge on any atom is 0.418 e. The Labute approximate surface area is 133 Å². The summed E-state index contributed by atoms with van der Waals surface area (Å²) in [6.45, 7) is 0.305. The number of carbonyl (C=O) groups excluding carboxylic acids is 1. The summed E-state index contributed by atoms with van der Waals surface area (Å²) in [6, 6.07) is 9.68. The van der Waals surface area contributed by atoms with Gasteiger partial charge in [0.05, 0.1) is 6.54 Å². The highest BCUT2D eigenvalue weighted by atomic mass is 19.4. The van der Waals surface area contributed by atoms with E-state index in [4.69, 9.17) is 4.74 Å². The topological polar surface area (TPSA) is 41.6 Å². The quantitative estimate of drug-likeness (QED) is 0.867. The van der Waals surface area contributed by atoms with Gasteiger partial charge in [-0.05, 0) is 18.4 Å². The van der Waals surface area contributed by atoms with E-state index in [1.165, 1.54) is 4.90 Å². The molecule has 0 spiro atoms. The molecule has 23 heavy (non-hydrogen) atoms. The summed E-state index contributed by atoms with van der Waals surface area (Å²) >= 11 is 0. The maximum absolute atomic E-state index is 13.1. The van der Waals surface area contributed by atoms with Crippen LogP contribution >= 0.6 is 0 Å². The summed E-state index contributed by atoms with van der Waals surface area (Å²) < 4.78 is 43.9. The lowest BCUT2D eigenvalue weighted by Crippen LogP contribution is -2.49. The van der Waals surface area contributed by atoms with Gasteiger partial charge in [0.1, 0.15) is 0 Å². The third-order valence-electron chi connectivity index (χ3n) is 4.16. The van der Waals surface area contributed by atoms with Gasteiger partial charge in [-0.25, -0.2) is 0 Å². The average molecular weight is 330 g/mol. The Balaban J connectivity index is 1.76. The molecule has 1 aliphatic heterocycles. The predicted octanol–water partition coefficient (Wildman–Crippen LogP) is 2.00. The first-order chi connectivity index (χ1) is 10.9. The van der Waals surface area contributed by atoms with Crippen LogP contribution in [0, 0.1) is 0 Å². The summed E-state index contributed by atoms with van der Waals surface area (Å²) in [5.41, 5.74) is -1.05. The molecule has 0 aliphatic carbocycles. The number of benzene rings is 1. The monoisotopic (exact) mass is 330 g/mol. The number of ether oxygens (including phenoxy) is 1. The highest BCUT2D eigenvalue weighted by Crippen LogP contribution is 2.40. The van der Waals surface area contributed by atoms with E-state index in [1.807, 2.05) is 30.3 Å². The number of likely N-dealkylation sites (tertiary alicyclic amines) is 1. The fourth-order valence-corrected chi connectivity index (χ4v) is 2.76. The zero-order chi connectivity index (χ0) is 16.9. The van der Waals surface area contributed by atoms with E-state index in [0.29, 0.717) is 13.0 Å². The molecule has 1 amide bonds. The molecule has 1 heterocycles. The number of hydrogen-bond acceptors (Lipinski definition) is 3. The van der Waals surface area contributed by atoms with E-state index in [9.17, 15) is 18.0 Å². The molecule has 1 unspecified atom stereocenters. The Morgan fingerprint density at radius 2 is 2.04 bits per heavy atom. The minimum Gasteiger partial charge on any atom is -0.367 e. The van der Waals surface area contributed by atoms with Crippen molar-refractivity contribution >= 4 is 5.91 Å². The number of nitrogens with one attached hydrogen (secondary N) is 1. The van der Waals surface area contributed by atoms with Crippen LogP contribution in [0.3, 0.4) is 0 Å². The van der Waals surface area contributed by atoms with E-state index in [0.717, 1.165) is 12.7 Å². The van der Waals surface area contributed by atoms with E-state index in [2.05, 4.69) is 5.32 Å². The van der Waals surface area contributed by atoms with E-state index in [-0.39, 0.29) is 32.0 Å². The zero-order valence-corrected chi connectivity index (χ0v) is 13.0. The second-order valence-corrected chi connectivity index (χ2v) is 5.74. The van der Waals surface area contributed by atoms with Crippen LogP contribution in [0.4, 0.5) is 13.2 Å². The van der Waals surface area contributed by atoms with Crippen molar-refractivity contribution in [2.75, 3.05) is 33.3 Å². The third-order valence-corrected chi connectivity index (χ3v) is 4.16. The van der Waals surface area contributed by atoms with Crippen molar-refractivity contribution in [1.29, 1.82) is 0 Å². The number of amides is 1. The van der Waals surface area contributed by atoms with Gasteiger partial charge in [0.25, 0.3) is 0 Å². The van der Waals surface area contributed by atoms with Gasteiger partial charge in [0.15, 0.2) is 5.60 Å². The summed E-state index contributed by atoms with van der Waals surface area (Å²) in [4.78, 5) is 13.3. The van der Waals surface area contributed by atoms with Crippen LogP contribution < -0.4 is 5.32 Å². The molecule has 1 N–H and O–H groups in total. The first-order valence-electron chi connectivity index (χ1n) is 7.51. The Morgan fingerprint density at radius 1 is 1.35 bits per heavy atom. The average Bonchev–Trinajstić information content (AvgIpc) is 2.92. The lowest BCUT2D eigenvalue weighted by molar-refractivity contribution is -0.263. The van der Waals surface area contributed by atoms with E-state index in [1.54, 1.807) is 0 Å². The first-order valence-corrected chi connectivity index (χ1v) is 7.51. The lowest BCUT2D eigenvalue weighted by atomic mass is 10.0. The van der Waals surface area contributed by atoms with Crippen LogP contribution in [-0.4, -0.2) is 55.9 Å². The second-order valence-electron chi connectivity index (χ2n) is 5.74. The molecular formula is C16H21F3N2O2. The Bertz CT molecular complexity index is 522. The van der Waals surface area contributed by atoms with Gasteiger partial charge in [-0.1, -0.05) is 30.3 Å². The van der Waals surface area contributed by atoms with Crippen LogP contribution in [0.5, 0.6) is 0 Å². The van der Waals surface area contributed by atoms with Gasteiger partial charge in [0, 0.05) is 26.7 Å². The van der Waals surface area contributed by atoms with Crippen LogP contribution in [0.2, 0.25) is 0 Å². The van der Waals surface area contributed by atoms with Gasteiger partial charge in [-0.2, -0.15) is 13.2 Å². The Morgan fingerprint density at radius 3 is 2.61 bits per heavy atom. The molecule has 1 saturated heterocycles. The molecule has 0 bridgehead atoms. The van der Waals surface area contributed by atoms with Gasteiger partial charge in [0.2, 0.25) is 5.91 Å². The summed E-state index contributed by atoms with van der Waals surface area (Å²) in [5, 5.41) is 2.74. The summed E-state index contributed by atoms with van der Waals surface area (Å²) in [7, 11) is 1.07. The number of rotatable bonds is 6. The summed E-state index contributed by atoms with van der Waals surface area (Å²) in [5.74, 6) is -0.269. The molecule has 1 atom stereocenters. The highest BCUT2D eigenvalue weighted by molar-refractivity contribution is 5.78. The molecule has 1 aromatic carbocycles. The minimum absolute atomic E-state index is 0.0457. The van der Waals surface area contributed by atoms with Gasteiger partial charge in [-0.15, -0.1) is 0 Å². The molecule has 7 heteroatoms. The fraction of sp³-hybridized carbons (Fsp3) is 0.562. The van der Waals surface area contributed by atoms with Crippen molar-refractivity contribution in [2.45, 2.75) is 24.6 Å². The largest absolute Gasteiger partial charge is 0.418 e. The summed E-state index contributed by atoms with van der Waals surface area (Å²) in [6.07, 6.45) is -3.89. The normalized spacial score (nSPS) is 22.3. The molecule has 4 nitrogen and oxygen atoms in total. The van der Waals surface area contributed by atoms with Crippen molar-refractivity contribution in [2.24, 2.45) is 0 Å². The Hall–Kier alpha value is -1.60. The van der Waals surface area contributed by atoms with E-state index >= 15 is 0 Å². The predicted molar refractivity (Wildman–Crippen MR) is 80.0 cm³/mol. The van der Waals surface area contributed by atoms with Gasteiger partial charge in [-0.3, -0.25) is 9.69 Å². The number of carbonyl (C=O) groups is 1. The van der Waals surface area contributed by atoms with Gasteiger partial charge < -0.3 is 10.1 Å². The molecule has 1 fully saturated rings. The van der Waals surface area contributed by atoms with Crippen molar-refractivity contribution in [3.05, 3.63) is 35.9 Å². The van der Waals surface area contributed by atoms with Crippen molar-refractivity contribution in [3.8, 4) is 0 Å². The number of hydrogen-bond donors (Lipinski definition) is 1. The number of methoxy groups -OCH3 is 1. The molecule has 0 saturated carbocycles. The molecular weight excluding hydrogens is 309 g/mol. The molecule has 128 valence electrons. The Kier molecular flexibility index (Phi) is 5.64. The third kappa shape index (κ3) is 4.45. The van der Waals surface area contributed by atoms with Gasteiger partial charge >= 0.3 is 6.18 Å². The van der Waals surface area contributed by atoms with Crippen molar-refractivity contribution in [1.82, 2.24) is 10.2 Å². The van der Waals surface area contributed by atoms with Crippen molar-refractivity contribution < 1.29 is 22.7 Å². The van der Waals surface area contributed by atoms with Crippen LogP contribution in [0.25, 0.3) is 0 Å². The zero-order valence-electron chi connectivity index (χ0n) is 13.0.